The molecule has 0 spiro atoms. The first-order chi connectivity index (χ1) is 15.1. The van der Waals surface area contributed by atoms with Gasteiger partial charge in [-0.2, -0.15) is 5.26 Å². The number of nitrogens with zero attached hydrogens (tertiary/aromatic N) is 4. The fraction of sp³-hybridized carbons (Fsp3) is 0.0833. The van der Waals surface area contributed by atoms with Crippen LogP contribution < -0.4 is 5.56 Å². The molecule has 0 saturated heterocycles. The molecule has 0 radical (unpaired) electrons. The lowest BCUT2D eigenvalue weighted by Crippen LogP contribution is -2.26. The number of halogens is 1. The summed E-state index contributed by atoms with van der Waals surface area (Å²) >= 11 is 6.08. The third-order valence-corrected chi connectivity index (χ3v) is 5.56. The molecule has 31 heavy (non-hydrogen) atoms. The van der Waals surface area contributed by atoms with E-state index < -0.39 is 0 Å². The molecule has 3 heterocycles. The van der Waals surface area contributed by atoms with E-state index in [9.17, 15) is 4.79 Å². The first kappa shape index (κ1) is 19.0. The van der Waals surface area contributed by atoms with E-state index in [0.29, 0.717) is 38.9 Å². The number of hydrogen-bond acceptors (Lipinski definition) is 5. The van der Waals surface area contributed by atoms with Crippen LogP contribution in [-0.4, -0.2) is 15.4 Å². The summed E-state index contributed by atoms with van der Waals surface area (Å²) in [6, 6.07) is 17.7. The lowest BCUT2D eigenvalue weighted by atomic mass is 9.95. The van der Waals surface area contributed by atoms with Gasteiger partial charge in [0.15, 0.2) is 5.76 Å². The summed E-state index contributed by atoms with van der Waals surface area (Å²) in [5, 5.41) is 13.6. The van der Waals surface area contributed by atoms with Gasteiger partial charge in [0.1, 0.15) is 6.04 Å². The number of aromatic nitrogens is 2. The van der Waals surface area contributed by atoms with Crippen LogP contribution in [0.3, 0.4) is 0 Å². The van der Waals surface area contributed by atoms with Gasteiger partial charge in [-0.15, -0.1) is 0 Å². The molecular weight excluding hydrogens is 412 g/mol. The minimum Gasteiger partial charge on any atom is -0.358 e. The maximum absolute atomic E-state index is 13.8. The Labute approximate surface area is 182 Å². The maximum Gasteiger partial charge on any atom is 0.265 e. The van der Waals surface area contributed by atoms with Crippen molar-refractivity contribution in [2.75, 3.05) is 0 Å². The van der Waals surface area contributed by atoms with Gasteiger partial charge in [0.05, 0.1) is 29.1 Å². The Balaban J connectivity index is 1.80. The van der Waals surface area contributed by atoms with Crippen molar-refractivity contribution in [3.8, 4) is 22.9 Å². The van der Waals surface area contributed by atoms with Crippen molar-refractivity contribution in [2.24, 2.45) is 4.99 Å². The summed E-state index contributed by atoms with van der Waals surface area (Å²) < 4.78 is 7.02. The molecule has 6 nitrogen and oxygen atoms in total. The van der Waals surface area contributed by atoms with Gasteiger partial charge in [-0.05, 0) is 49.4 Å². The molecule has 150 valence electrons. The molecule has 0 saturated carbocycles. The highest BCUT2D eigenvalue weighted by atomic mass is 35.5. The number of benzene rings is 2. The summed E-state index contributed by atoms with van der Waals surface area (Å²) in [6.07, 6.45) is 3.34. The Morgan fingerprint density at radius 2 is 1.81 bits per heavy atom. The highest BCUT2D eigenvalue weighted by Crippen LogP contribution is 2.36. The van der Waals surface area contributed by atoms with Crippen molar-refractivity contribution >= 4 is 17.3 Å². The number of nitriles is 1. The molecule has 1 aliphatic heterocycles. The quantitative estimate of drug-likeness (QED) is 0.455. The number of hydrogen-bond donors (Lipinski definition) is 0. The van der Waals surface area contributed by atoms with E-state index in [-0.39, 0.29) is 11.6 Å². The lowest BCUT2D eigenvalue weighted by Gasteiger charge is -2.13. The first-order valence-electron chi connectivity index (χ1n) is 9.62. The molecular formula is C24H15ClN4O2. The topological polar surface area (TPSA) is 84.2 Å². The predicted octanol–water partition coefficient (Wildman–Crippen LogP) is 4.93. The minimum atomic E-state index is -0.321. The van der Waals surface area contributed by atoms with Crippen LogP contribution in [0.25, 0.3) is 16.8 Å². The zero-order chi connectivity index (χ0) is 21.5. The van der Waals surface area contributed by atoms with E-state index in [0.717, 1.165) is 11.1 Å². The van der Waals surface area contributed by atoms with Gasteiger partial charge in [-0.25, -0.2) is 0 Å². The van der Waals surface area contributed by atoms with Crippen LogP contribution in [0.15, 0.2) is 81.3 Å². The van der Waals surface area contributed by atoms with E-state index in [1.807, 2.05) is 25.1 Å². The van der Waals surface area contributed by atoms with Gasteiger partial charge in [0.2, 0.25) is 0 Å². The summed E-state index contributed by atoms with van der Waals surface area (Å²) in [4.78, 5) is 18.6. The lowest BCUT2D eigenvalue weighted by molar-refractivity contribution is 0.369. The van der Waals surface area contributed by atoms with Crippen LogP contribution in [0.1, 0.15) is 35.4 Å². The monoisotopic (exact) mass is 426 g/mol. The van der Waals surface area contributed by atoms with Crippen LogP contribution >= 0.6 is 11.6 Å². The molecule has 0 bridgehead atoms. The van der Waals surface area contributed by atoms with Crippen molar-refractivity contribution in [2.45, 2.75) is 13.0 Å². The van der Waals surface area contributed by atoms with Crippen LogP contribution in [-0.2, 0) is 0 Å². The molecule has 2 aromatic heterocycles. The fourth-order valence-corrected chi connectivity index (χ4v) is 3.91. The van der Waals surface area contributed by atoms with E-state index in [2.05, 4.69) is 11.2 Å². The smallest absolute Gasteiger partial charge is 0.265 e. The molecule has 1 aliphatic rings. The molecule has 1 atom stereocenters. The standard InChI is InChI=1S/C24H15ClN4O2/c1-14-23-20(13-27-31-23)19-10-11-29(18-8-2-15(12-26)3-9-18)24(30)21(19)22(28-14)16-4-6-17(25)7-5-16/h2-11,13-14H,1H3. The number of aliphatic imine (C=N–C) groups is 1. The molecule has 4 aromatic rings. The predicted molar refractivity (Wildman–Crippen MR) is 118 cm³/mol. The second-order valence-corrected chi connectivity index (χ2v) is 7.64. The van der Waals surface area contributed by atoms with Gasteiger partial charge in [-0.3, -0.25) is 14.4 Å². The number of rotatable bonds is 2. The highest BCUT2D eigenvalue weighted by Gasteiger charge is 2.28. The fourth-order valence-electron chi connectivity index (χ4n) is 3.78. The van der Waals surface area contributed by atoms with Crippen molar-refractivity contribution in [3.05, 3.63) is 105 Å². The summed E-state index contributed by atoms with van der Waals surface area (Å²) in [5.41, 5.74) is 4.23. The van der Waals surface area contributed by atoms with E-state index in [1.54, 1.807) is 53.4 Å². The average molecular weight is 427 g/mol. The molecule has 1 unspecified atom stereocenters. The van der Waals surface area contributed by atoms with Gasteiger partial charge in [-0.1, -0.05) is 28.9 Å². The highest BCUT2D eigenvalue weighted by molar-refractivity contribution is 6.30. The zero-order valence-electron chi connectivity index (χ0n) is 16.4. The minimum absolute atomic E-state index is 0.225. The molecule has 0 amide bonds. The zero-order valence-corrected chi connectivity index (χ0v) is 17.2. The molecule has 0 aliphatic carbocycles. The first-order valence-corrected chi connectivity index (χ1v) is 10.00. The van der Waals surface area contributed by atoms with Crippen LogP contribution in [0.2, 0.25) is 5.02 Å². The van der Waals surface area contributed by atoms with Crippen LogP contribution in [0.5, 0.6) is 0 Å². The Morgan fingerprint density at radius 1 is 1.06 bits per heavy atom. The second-order valence-electron chi connectivity index (χ2n) is 7.20. The van der Waals surface area contributed by atoms with E-state index in [4.69, 9.17) is 26.4 Å². The van der Waals surface area contributed by atoms with Crippen molar-refractivity contribution in [3.63, 3.8) is 0 Å². The summed E-state index contributed by atoms with van der Waals surface area (Å²) in [6.45, 7) is 1.91. The Morgan fingerprint density at radius 3 is 2.52 bits per heavy atom. The Kier molecular flexibility index (Phi) is 4.54. The van der Waals surface area contributed by atoms with Crippen molar-refractivity contribution in [1.29, 1.82) is 5.26 Å². The van der Waals surface area contributed by atoms with E-state index in [1.165, 1.54) is 0 Å². The normalized spacial score (nSPS) is 14.7. The SMILES string of the molecule is CC1N=C(c2ccc(Cl)cc2)c2c(ccn(-c3ccc(C#N)cc3)c2=O)-c2cnoc21. The number of fused-ring (bicyclic) bond motifs is 3. The van der Waals surface area contributed by atoms with E-state index >= 15 is 0 Å². The molecule has 7 heteroatoms. The van der Waals surface area contributed by atoms with Gasteiger partial charge >= 0.3 is 0 Å². The second kappa shape index (κ2) is 7.38. The Bertz CT molecular complexity index is 1420. The van der Waals surface area contributed by atoms with Crippen LogP contribution in [0.4, 0.5) is 0 Å². The van der Waals surface area contributed by atoms with Crippen molar-refractivity contribution in [1.82, 2.24) is 9.72 Å². The molecule has 5 rings (SSSR count). The molecule has 0 fully saturated rings. The Hall–Kier alpha value is -3.95. The summed E-state index contributed by atoms with van der Waals surface area (Å²) in [5.74, 6) is 0.612. The molecule has 2 aromatic carbocycles. The summed E-state index contributed by atoms with van der Waals surface area (Å²) in [7, 11) is 0. The third-order valence-electron chi connectivity index (χ3n) is 5.31. The maximum atomic E-state index is 13.8. The van der Waals surface area contributed by atoms with Gasteiger partial charge in [0, 0.05) is 33.6 Å². The van der Waals surface area contributed by atoms with Gasteiger partial charge < -0.3 is 4.52 Å². The van der Waals surface area contributed by atoms with Crippen molar-refractivity contribution < 1.29 is 4.52 Å². The number of pyridine rings is 1. The van der Waals surface area contributed by atoms with Gasteiger partial charge in [0.25, 0.3) is 5.56 Å². The van der Waals surface area contributed by atoms with Crippen LogP contribution in [0, 0.1) is 11.3 Å². The average Bonchev–Trinajstić information content (AvgIpc) is 3.24. The third kappa shape index (κ3) is 3.16. The largest absolute Gasteiger partial charge is 0.358 e. The molecule has 0 N–H and O–H groups in total.